The van der Waals surface area contributed by atoms with Crippen LogP contribution in [0.25, 0.3) is 0 Å². The van der Waals surface area contributed by atoms with Crippen molar-refractivity contribution in [3.8, 4) is 0 Å². The Kier molecular flexibility index (Phi) is 97.3. The SMILES string of the molecule is CC(=O)ON(CCN(OC(C)=O)OC(C)=O)OC(C)=O.[Na+].[Na+].[Na+].[Na+].[Na+].[OH-].[OH-].[OH-].[OH-].[OH-]. The molecule has 0 aliphatic carbocycles. The van der Waals surface area contributed by atoms with Crippen molar-refractivity contribution in [1.82, 2.24) is 10.5 Å². The molecule has 0 atom stereocenters. The molecule has 0 heterocycles. The van der Waals surface area contributed by atoms with Gasteiger partial charge < -0.3 is 46.7 Å². The maximum atomic E-state index is 10.8. The second-order valence-corrected chi connectivity index (χ2v) is 3.44. The maximum Gasteiger partial charge on any atom is 1.00 e. The molecule has 0 aromatic carbocycles. The van der Waals surface area contributed by atoms with E-state index < -0.39 is 23.9 Å². The second-order valence-electron chi connectivity index (χ2n) is 3.44. The van der Waals surface area contributed by atoms with Crippen molar-refractivity contribution in [3.05, 3.63) is 0 Å². The first-order valence-electron chi connectivity index (χ1n) is 5.50. The van der Waals surface area contributed by atoms with E-state index in [0.717, 1.165) is 27.7 Å². The third-order valence-electron chi connectivity index (χ3n) is 1.39. The summed E-state index contributed by atoms with van der Waals surface area (Å²) in [6.45, 7) is 3.97. The maximum absolute atomic E-state index is 10.8. The molecule has 0 rings (SSSR count). The normalized spacial score (nSPS) is 6.73. The van der Waals surface area contributed by atoms with Gasteiger partial charge in [0.2, 0.25) is 0 Å². The fourth-order valence-electron chi connectivity index (χ4n) is 0.957. The van der Waals surface area contributed by atoms with Crippen molar-refractivity contribution in [2.45, 2.75) is 27.7 Å². The summed E-state index contributed by atoms with van der Waals surface area (Å²) in [5, 5.41) is 1.15. The van der Waals surface area contributed by atoms with Crippen LogP contribution in [0.15, 0.2) is 0 Å². The Hall–Kier alpha value is 2.60. The average molecular weight is 492 g/mol. The van der Waals surface area contributed by atoms with E-state index in [4.69, 9.17) is 0 Å². The Bertz CT molecular complexity index is 341. The molecule has 0 saturated carbocycles. The minimum Gasteiger partial charge on any atom is -0.870 e. The molecule has 30 heavy (non-hydrogen) atoms. The van der Waals surface area contributed by atoms with Crippen LogP contribution in [0, 0.1) is 0 Å². The summed E-state index contributed by atoms with van der Waals surface area (Å²) in [6, 6.07) is 0. The van der Waals surface area contributed by atoms with Crippen LogP contribution >= 0.6 is 0 Å². The monoisotopic (exact) mass is 492 g/mol. The second kappa shape index (κ2) is 41.8. The number of nitrogens with zero attached hydrogens (tertiary/aromatic N) is 2. The van der Waals surface area contributed by atoms with Gasteiger partial charge in [0.15, 0.2) is 0 Å². The Morgan fingerprint density at radius 1 is 0.467 bits per heavy atom. The number of carbonyl (C=O) groups is 4. The average Bonchev–Trinajstić information content (AvgIpc) is 2.22. The van der Waals surface area contributed by atoms with Crippen LogP contribution in [-0.4, -0.2) is 74.8 Å². The Labute approximate surface area is 284 Å². The van der Waals surface area contributed by atoms with E-state index in [1.807, 2.05) is 0 Å². The first-order chi connectivity index (χ1) is 9.20. The quantitative estimate of drug-likeness (QED) is 0.236. The predicted octanol–water partition coefficient (Wildman–Crippen LogP) is -16.4. The summed E-state index contributed by atoms with van der Waals surface area (Å²) in [5.41, 5.74) is 0. The third-order valence-corrected chi connectivity index (χ3v) is 1.39. The molecular weight excluding hydrogens is 471 g/mol. The predicted molar refractivity (Wildman–Crippen MR) is 70.2 cm³/mol. The summed E-state index contributed by atoms with van der Waals surface area (Å²) in [6.07, 6.45) is 0. The van der Waals surface area contributed by atoms with Gasteiger partial charge in [-0.1, -0.05) is 0 Å². The Balaban J connectivity index is -0.0000000401. The van der Waals surface area contributed by atoms with Crippen LogP contribution in [-0.2, 0) is 38.5 Å². The molecule has 0 aromatic rings. The minimum atomic E-state index is -0.724. The molecule has 154 valence electrons. The molecule has 0 fully saturated rings. The van der Waals surface area contributed by atoms with Gasteiger partial charge in [0.05, 0.1) is 13.1 Å². The van der Waals surface area contributed by atoms with Crippen LogP contribution < -0.4 is 148 Å². The number of rotatable bonds is 7. The summed E-state index contributed by atoms with van der Waals surface area (Å²) >= 11 is 0. The van der Waals surface area contributed by atoms with Crippen molar-refractivity contribution in [1.29, 1.82) is 0 Å². The molecule has 5 N–H and O–H groups in total. The van der Waals surface area contributed by atoms with Crippen LogP contribution in [0.2, 0.25) is 0 Å². The molecule has 0 radical (unpaired) electrons. The zero-order valence-corrected chi connectivity index (χ0v) is 28.8. The van der Waals surface area contributed by atoms with Crippen molar-refractivity contribution in [3.63, 3.8) is 0 Å². The Morgan fingerprint density at radius 2 is 0.600 bits per heavy atom. The first-order valence-corrected chi connectivity index (χ1v) is 5.50. The van der Waals surface area contributed by atoms with E-state index >= 15 is 0 Å². The fraction of sp³-hybridized carbons (Fsp3) is 0.600. The molecule has 20 heteroatoms. The number of hydroxylamine groups is 4. The fourth-order valence-corrected chi connectivity index (χ4v) is 0.957. The van der Waals surface area contributed by atoms with Crippen LogP contribution in [0.4, 0.5) is 0 Å². The van der Waals surface area contributed by atoms with Crippen molar-refractivity contribution in [2.75, 3.05) is 13.1 Å². The molecule has 0 amide bonds. The molecule has 0 unspecified atom stereocenters. The molecule has 15 nitrogen and oxygen atoms in total. The summed E-state index contributed by atoms with van der Waals surface area (Å²) in [5.74, 6) is -2.90. The van der Waals surface area contributed by atoms with Gasteiger partial charge in [0, 0.05) is 38.1 Å². The molecular formula is C10H21N2Na5O13. The Morgan fingerprint density at radius 3 is 0.700 bits per heavy atom. The van der Waals surface area contributed by atoms with Crippen molar-refractivity contribution in [2.24, 2.45) is 0 Å². The smallest absolute Gasteiger partial charge is 0.870 e. The van der Waals surface area contributed by atoms with E-state index in [1.165, 1.54) is 0 Å². The van der Waals surface area contributed by atoms with E-state index in [2.05, 4.69) is 19.4 Å². The zero-order chi connectivity index (χ0) is 15.7. The van der Waals surface area contributed by atoms with Crippen LogP contribution in [0.1, 0.15) is 27.7 Å². The first kappa shape index (κ1) is 69.8. The van der Waals surface area contributed by atoms with E-state index in [9.17, 15) is 19.2 Å². The van der Waals surface area contributed by atoms with Gasteiger partial charge >= 0.3 is 172 Å². The summed E-state index contributed by atoms with van der Waals surface area (Å²) in [4.78, 5) is 61.4. The molecule has 0 aliphatic rings. The summed E-state index contributed by atoms with van der Waals surface area (Å²) in [7, 11) is 0. The van der Waals surface area contributed by atoms with Gasteiger partial charge in [-0.3, -0.25) is 19.2 Å². The standard InChI is InChI=1S/C10H16N2O8.5Na.5H2O/c1-7(13)17-11(18-8(2)14)5-6-12(19-9(3)15)20-10(4)16;;;;;;;;;;/h5-6H2,1-4H3;;;;;;5*1H2/q;5*+1;;;;;/p-5. The molecule has 0 saturated heterocycles. The van der Waals surface area contributed by atoms with Crippen molar-refractivity contribution < 1.29 is 214 Å². The van der Waals surface area contributed by atoms with Gasteiger partial charge in [-0.25, -0.2) is 0 Å². The topological polar surface area (TPSA) is 262 Å². The third kappa shape index (κ3) is 48.1. The van der Waals surface area contributed by atoms with Gasteiger partial charge in [-0.2, -0.15) is 0 Å². The molecule has 0 bridgehead atoms. The largest absolute Gasteiger partial charge is 1.00 e. The number of carbonyl (C=O) groups excluding carboxylic acids is 4. The zero-order valence-electron chi connectivity index (χ0n) is 18.8. The molecule has 0 aromatic heterocycles. The van der Waals surface area contributed by atoms with Gasteiger partial charge in [0.1, 0.15) is 0 Å². The number of hydrogen-bond acceptors (Lipinski definition) is 15. The van der Waals surface area contributed by atoms with E-state index in [0.29, 0.717) is 10.5 Å². The van der Waals surface area contributed by atoms with E-state index in [1.54, 1.807) is 0 Å². The van der Waals surface area contributed by atoms with Crippen molar-refractivity contribution >= 4 is 23.9 Å². The van der Waals surface area contributed by atoms with Gasteiger partial charge in [0.25, 0.3) is 0 Å². The summed E-state index contributed by atoms with van der Waals surface area (Å²) < 4.78 is 0. The van der Waals surface area contributed by atoms with Crippen LogP contribution in [0.5, 0.6) is 0 Å². The molecule has 0 aliphatic heterocycles. The van der Waals surface area contributed by atoms with Gasteiger partial charge in [-0.05, 0) is 0 Å². The van der Waals surface area contributed by atoms with Crippen LogP contribution in [0.3, 0.4) is 0 Å². The van der Waals surface area contributed by atoms with Gasteiger partial charge in [-0.15, -0.1) is 0 Å². The number of hydrogen-bond donors (Lipinski definition) is 0. The molecule has 0 spiro atoms. The minimum absolute atomic E-state index is 0. The van der Waals surface area contributed by atoms with E-state index in [-0.39, 0.29) is 188 Å².